The second kappa shape index (κ2) is 9.24. The number of nitrogen functional groups attached to an aromatic ring is 2. The van der Waals surface area contributed by atoms with Gasteiger partial charge in [0, 0.05) is 12.1 Å². The van der Waals surface area contributed by atoms with Crippen molar-refractivity contribution in [1.29, 1.82) is 5.26 Å². The minimum Gasteiger partial charge on any atom is -0.382 e. The lowest BCUT2D eigenvalue weighted by Gasteiger charge is -2.28. The van der Waals surface area contributed by atoms with Crippen LogP contribution in [0.4, 0.5) is 17.6 Å². The molecule has 13 heteroatoms. The minimum atomic E-state index is -0.653. The van der Waals surface area contributed by atoms with Gasteiger partial charge in [-0.05, 0) is 43.2 Å². The van der Waals surface area contributed by atoms with Crippen molar-refractivity contribution in [3.63, 3.8) is 0 Å². The molecular weight excluding hydrogens is 517 g/mol. The fraction of sp³-hybridized carbons (Fsp3) is 0.167. The van der Waals surface area contributed by atoms with Crippen molar-refractivity contribution in [1.82, 2.24) is 19.5 Å². The van der Waals surface area contributed by atoms with Gasteiger partial charge in [0.2, 0.25) is 11.9 Å². The molecule has 1 fully saturated rings. The quantitative estimate of drug-likeness (QED) is 0.353. The van der Waals surface area contributed by atoms with Gasteiger partial charge in [-0.25, -0.2) is 4.98 Å². The van der Waals surface area contributed by atoms with Crippen molar-refractivity contribution in [2.45, 2.75) is 18.9 Å². The van der Waals surface area contributed by atoms with Crippen molar-refractivity contribution in [3.8, 4) is 11.8 Å². The number of hydrogen-bond acceptors (Lipinski definition) is 9. The Kier molecular flexibility index (Phi) is 6.07. The van der Waals surface area contributed by atoms with Crippen molar-refractivity contribution in [3.05, 3.63) is 73.7 Å². The van der Waals surface area contributed by atoms with E-state index in [9.17, 15) is 14.9 Å². The first-order valence-electron chi connectivity index (χ1n) is 11.1. The molecule has 0 bridgehead atoms. The predicted octanol–water partition coefficient (Wildman–Crippen LogP) is 2.96. The highest BCUT2D eigenvalue weighted by Gasteiger charge is 2.34. The van der Waals surface area contributed by atoms with Crippen molar-refractivity contribution in [2.75, 3.05) is 22.9 Å². The fourth-order valence-electron chi connectivity index (χ4n) is 4.59. The molecule has 4 aromatic rings. The second-order valence-corrected chi connectivity index (χ2v) is 9.22. The molecule has 5 rings (SSSR count). The summed E-state index contributed by atoms with van der Waals surface area (Å²) >= 11 is 12.9. The number of amides is 1. The molecule has 1 atom stereocenters. The van der Waals surface area contributed by atoms with Crippen LogP contribution >= 0.6 is 23.2 Å². The van der Waals surface area contributed by atoms with E-state index in [1.54, 1.807) is 24.3 Å². The molecular formula is C24H19Cl2N9O2. The summed E-state index contributed by atoms with van der Waals surface area (Å²) in [7, 11) is 0. The van der Waals surface area contributed by atoms with Crippen molar-refractivity contribution < 1.29 is 4.79 Å². The number of carbonyl (C=O) groups excluding carboxylic acids is 1. The Morgan fingerprint density at radius 2 is 1.86 bits per heavy atom. The maximum atomic E-state index is 14.0. The molecule has 186 valence electrons. The number of nitriles is 1. The number of fused-ring (bicyclic) bond motifs is 1. The van der Waals surface area contributed by atoms with E-state index in [0.29, 0.717) is 30.9 Å². The van der Waals surface area contributed by atoms with Crippen LogP contribution in [0.5, 0.6) is 0 Å². The number of anilines is 3. The molecule has 1 aliphatic heterocycles. The number of primary amides is 1. The van der Waals surface area contributed by atoms with E-state index in [1.807, 2.05) is 11.0 Å². The normalized spacial score (nSPS) is 15.2. The molecule has 0 radical (unpaired) electrons. The molecule has 2 aromatic carbocycles. The number of nitrogens with two attached hydrogens (primary N) is 3. The highest BCUT2D eigenvalue weighted by Crippen LogP contribution is 2.39. The van der Waals surface area contributed by atoms with Gasteiger partial charge >= 0.3 is 0 Å². The van der Waals surface area contributed by atoms with E-state index in [2.05, 4.69) is 9.97 Å². The van der Waals surface area contributed by atoms with Gasteiger partial charge in [0.15, 0.2) is 5.82 Å². The Labute approximate surface area is 220 Å². The summed E-state index contributed by atoms with van der Waals surface area (Å²) in [6.45, 7) is 0.480. The number of rotatable bonds is 4. The first-order valence-corrected chi connectivity index (χ1v) is 11.9. The summed E-state index contributed by atoms with van der Waals surface area (Å²) in [5, 5.41) is 10.3. The summed E-state index contributed by atoms with van der Waals surface area (Å²) in [5.74, 6) is -0.257. The van der Waals surface area contributed by atoms with Gasteiger partial charge in [-0.1, -0.05) is 29.3 Å². The maximum absolute atomic E-state index is 14.0. The zero-order valence-electron chi connectivity index (χ0n) is 19.2. The van der Waals surface area contributed by atoms with Crippen LogP contribution in [0.3, 0.4) is 0 Å². The first-order chi connectivity index (χ1) is 17.7. The Morgan fingerprint density at radius 1 is 1.11 bits per heavy atom. The molecule has 37 heavy (non-hydrogen) atoms. The zero-order valence-corrected chi connectivity index (χ0v) is 20.7. The number of carbonyl (C=O) groups is 1. The summed E-state index contributed by atoms with van der Waals surface area (Å²) < 4.78 is 1.37. The Bertz CT molecular complexity index is 1700. The third-order valence-electron chi connectivity index (χ3n) is 6.21. The molecule has 1 amide bonds. The van der Waals surface area contributed by atoms with Gasteiger partial charge in [0.1, 0.15) is 23.3 Å². The smallest absolute Gasteiger partial charge is 0.267 e. The molecule has 0 spiro atoms. The van der Waals surface area contributed by atoms with Gasteiger partial charge in [0.25, 0.3) is 5.56 Å². The number of hydrogen-bond donors (Lipinski definition) is 3. The van der Waals surface area contributed by atoms with Crippen LogP contribution in [-0.4, -0.2) is 32.0 Å². The number of halogens is 2. The van der Waals surface area contributed by atoms with E-state index < -0.39 is 17.5 Å². The van der Waals surface area contributed by atoms with Gasteiger partial charge in [-0.15, -0.1) is 0 Å². The topological polar surface area (TPSA) is 183 Å². The standard InChI is InChI=1S/C24H19Cl2N9O2/c25-14-6-7-15(26)18-17(14)23(37)35(12-4-1-3-11(9-12)20(29)36)22(31-18)16-5-2-8-34(16)21-13(10-27)19(28)32-24(30)33-21/h1,3-4,6-7,9,16H,2,5,8H2,(H2,29,36)(H4,28,30,32,33)/t16-/m0/s1. The Hall–Kier alpha value is -4.40. The van der Waals surface area contributed by atoms with Gasteiger partial charge < -0.3 is 22.1 Å². The van der Waals surface area contributed by atoms with Crippen LogP contribution in [0.15, 0.2) is 41.2 Å². The highest BCUT2D eigenvalue weighted by atomic mass is 35.5. The molecule has 3 heterocycles. The van der Waals surface area contributed by atoms with Crippen LogP contribution in [0.1, 0.15) is 40.6 Å². The Morgan fingerprint density at radius 3 is 2.59 bits per heavy atom. The lowest BCUT2D eigenvalue weighted by molar-refractivity contribution is 0.1000. The summed E-state index contributed by atoms with van der Waals surface area (Å²) in [6.07, 6.45) is 1.25. The van der Waals surface area contributed by atoms with E-state index in [0.717, 1.165) is 0 Å². The third-order valence-corrected chi connectivity index (χ3v) is 6.83. The molecule has 1 aliphatic rings. The van der Waals surface area contributed by atoms with Gasteiger partial charge in [-0.2, -0.15) is 15.2 Å². The summed E-state index contributed by atoms with van der Waals surface area (Å²) in [4.78, 5) is 40.7. The molecule has 0 saturated carbocycles. The second-order valence-electron chi connectivity index (χ2n) is 8.41. The van der Waals surface area contributed by atoms with Gasteiger partial charge in [0.05, 0.1) is 32.7 Å². The Balaban J connectivity index is 1.83. The third kappa shape index (κ3) is 4.06. The van der Waals surface area contributed by atoms with Crippen LogP contribution < -0.4 is 27.7 Å². The van der Waals surface area contributed by atoms with E-state index in [4.69, 9.17) is 45.4 Å². The lowest BCUT2D eigenvalue weighted by atomic mass is 10.1. The van der Waals surface area contributed by atoms with Crippen LogP contribution in [0, 0.1) is 11.3 Å². The van der Waals surface area contributed by atoms with E-state index in [-0.39, 0.29) is 49.7 Å². The van der Waals surface area contributed by atoms with Crippen molar-refractivity contribution in [2.24, 2.45) is 5.73 Å². The molecule has 0 aliphatic carbocycles. The average Bonchev–Trinajstić information content (AvgIpc) is 3.35. The van der Waals surface area contributed by atoms with Crippen LogP contribution in [0.25, 0.3) is 16.6 Å². The SMILES string of the molecule is N#Cc1c(N)nc(N)nc1N1CCC[C@H]1c1nc2c(Cl)ccc(Cl)c2c(=O)n1-c1cccc(C(N)=O)c1. The average molecular weight is 536 g/mol. The monoisotopic (exact) mass is 535 g/mol. The lowest BCUT2D eigenvalue weighted by Crippen LogP contribution is -2.33. The number of nitrogens with zero attached hydrogens (tertiary/aromatic N) is 6. The molecule has 2 aromatic heterocycles. The molecule has 6 N–H and O–H groups in total. The first kappa shape index (κ1) is 24.3. The van der Waals surface area contributed by atoms with Crippen molar-refractivity contribution >= 4 is 57.6 Å². The van der Waals surface area contributed by atoms with Crippen LogP contribution in [-0.2, 0) is 0 Å². The van der Waals surface area contributed by atoms with Gasteiger partial charge in [-0.3, -0.25) is 14.2 Å². The number of aromatic nitrogens is 4. The minimum absolute atomic E-state index is 0.0523. The summed E-state index contributed by atoms with van der Waals surface area (Å²) in [5.41, 5.74) is 17.7. The largest absolute Gasteiger partial charge is 0.382 e. The van der Waals surface area contributed by atoms with Crippen LogP contribution in [0.2, 0.25) is 10.0 Å². The number of benzene rings is 2. The molecule has 1 saturated heterocycles. The summed E-state index contributed by atoms with van der Waals surface area (Å²) in [6, 6.07) is 10.9. The highest BCUT2D eigenvalue weighted by molar-refractivity contribution is 6.39. The van der Waals surface area contributed by atoms with E-state index >= 15 is 0 Å². The predicted molar refractivity (Wildman–Crippen MR) is 141 cm³/mol. The molecule has 0 unspecified atom stereocenters. The maximum Gasteiger partial charge on any atom is 0.267 e. The fourth-order valence-corrected chi connectivity index (χ4v) is 5.03. The molecule has 11 nitrogen and oxygen atoms in total. The van der Waals surface area contributed by atoms with E-state index in [1.165, 1.54) is 16.7 Å². The zero-order chi connectivity index (χ0) is 26.4.